The zero-order valence-corrected chi connectivity index (χ0v) is 14.8. The normalized spacial score (nSPS) is 11.1. The van der Waals surface area contributed by atoms with Crippen LogP contribution in [0.2, 0.25) is 0 Å². The van der Waals surface area contributed by atoms with Gasteiger partial charge in [0.15, 0.2) is 0 Å². The summed E-state index contributed by atoms with van der Waals surface area (Å²) in [6.07, 6.45) is 2.88. The summed E-state index contributed by atoms with van der Waals surface area (Å²) in [6, 6.07) is 12.2. The van der Waals surface area contributed by atoms with Gasteiger partial charge in [0.05, 0.1) is 17.6 Å². The highest BCUT2D eigenvalue weighted by Gasteiger charge is 2.21. The zero-order valence-electron chi connectivity index (χ0n) is 13.2. The molecule has 1 N–H and O–H groups in total. The summed E-state index contributed by atoms with van der Waals surface area (Å²) < 4.78 is 37.9. The lowest BCUT2D eigenvalue weighted by Crippen LogP contribution is -2.37. The standard InChI is InChI=1S/C16H17FN2O3S2/c1-23-15-6-4-3-5-14(15)18-16(20)11-19(24(2,21)22)13-9-7-12(17)8-10-13/h3-10H,11H2,1-2H3,(H,18,20). The van der Waals surface area contributed by atoms with Crippen molar-refractivity contribution in [3.8, 4) is 0 Å². The summed E-state index contributed by atoms with van der Waals surface area (Å²) in [4.78, 5) is 13.2. The van der Waals surface area contributed by atoms with Crippen LogP contribution in [0.4, 0.5) is 15.8 Å². The number of hydrogen-bond acceptors (Lipinski definition) is 4. The molecular weight excluding hydrogens is 351 g/mol. The molecule has 0 saturated carbocycles. The lowest BCUT2D eigenvalue weighted by atomic mass is 10.3. The van der Waals surface area contributed by atoms with E-state index in [9.17, 15) is 17.6 Å². The lowest BCUT2D eigenvalue weighted by Gasteiger charge is -2.22. The maximum absolute atomic E-state index is 13.0. The molecular formula is C16H17FN2O3S2. The number of thioether (sulfide) groups is 1. The van der Waals surface area contributed by atoms with Crippen molar-refractivity contribution in [3.05, 3.63) is 54.3 Å². The van der Waals surface area contributed by atoms with Gasteiger partial charge in [-0.3, -0.25) is 9.10 Å². The van der Waals surface area contributed by atoms with Crippen LogP contribution in [0.1, 0.15) is 0 Å². The fourth-order valence-electron chi connectivity index (χ4n) is 2.08. The van der Waals surface area contributed by atoms with Crippen LogP contribution in [-0.4, -0.2) is 33.4 Å². The topological polar surface area (TPSA) is 66.5 Å². The van der Waals surface area contributed by atoms with E-state index in [4.69, 9.17) is 0 Å². The number of benzene rings is 2. The van der Waals surface area contributed by atoms with Crippen molar-refractivity contribution in [2.75, 3.05) is 28.7 Å². The van der Waals surface area contributed by atoms with E-state index >= 15 is 0 Å². The molecule has 0 radical (unpaired) electrons. The predicted molar refractivity (Wildman–Crippen MR) is 95.4 cm³/mol. The molecule has 0 aliphatic rings. The van der Waals surface area contributed by atoms with E-state index in [0.717, 1.165) is 27.6 Å². The molecule has 128 valence electrons. The fraction of sp³-hybridized carbons (Fsp3) is 0.188. The molecule has 1 amide bonds. The number of hydrogen-bond donors (Lipinski definition) is 1. The molecule has 0 fully saturated rings. The van der Waals surface area contributed by atoms with Crippen LogP contribution in [0.5, 0.6) is 0 Å². The van der Waals surface area contributed by atoms with Gasteiger partial charge < -0.3 is 5.32 Å². The third-order valence-corrected chi connectivity index (χ3v) is 5.12. The van der Waals surface area contributed by atoms with Crippen molar-refractivity contribution >= 4 is 39.1 Å². The van der Waals surface area contributed by atoms with Crippen molar-refractivity contribution in [2.24, 2.45) is 0 Å². The molecule has 0 atom stereocenters. The van der Waals surface area contributed by atoms with Gasteiger partial charge in [-0.05, 0) is 42.7 Å². The fourth-order valence-corrected chi connectivity index (χ4v) is 3.49. The molecule has 0 heterocycles. The Hall–Kier alpha value is -2.06. The number of carbonyl (C=O) groups is 1. The third kappa shape index (κ3) is 4.72. The highest BCUT2D eigenvalue weighted by molar-refractivity contribution is 7.98. The molecule has 0 spiro atoms. The van der Waals surface area contributed by atoms with Crippen LogP contribution in [0.25, 0.3) is 0 Å². The second-order valence-corrected chi connectivity index (χ2v) is 7.75. The Labute approximate surface area is 144 Å². The third-order valence-electron chi connectivity index (χ3n) is 3.18. The Morgan fingerprint density at radius 3 is 2.38 bits per heavy atom. The van der Waals surface area contributed by atoms with Gasteiger partial charge in [-0.15, -0.1) is 11.8 Å². The number of halogens is 1. The largest absolute Gasteiger partial charge is 0.323 e. The van der Waals surface area contributed by atoms with E-state index in [1.165, 1.54) is 23.9 Å². The Kier molecular flexibility index (Phi) is 5.84. The molecule has 0 saturated heterocycles. The summed E-state index contributed by atoms with van der Waals surface area (Å²) >= 11 is 1.47. The molecule has 2 aromatic rings. The molecule has 0 aliphatic carbocycles. The molecule has 5 nitrogen and oxygen atoms in total. The van der Waals surface area contributed by atoms with Gasteiger partial charge in [-0.25, -0.2) is 12.8 Å². The molecule has 0 aromatic heterocycles. The lowest BCUT2D eigenvalue weighted by molar-refractivity contribution is -0.114. The first kappa shape index (κ1) is 18.3. The molecule has 0 aliphatic heterocycles. The summed E-state index contributed by atoms with van der Waals surface area (Å²) in [7, 11) is -3.69. The summed E-state index contributed by atoms with van der Waals surface area (Å²) in [5.41, 5.74) is 0.842. The van der Waals surface area contributed by atoms with Gasteiger partial charge in [0, 0.05) is 4.90 Å². The highest BCUT2D eigenvalue weighted by Crippen LogP contribution is 2.25. The summed E-state index contributed by atoms with van der Waals surface area (Å²) in [5.74, 6) is -0.961. The molecule has 8 heteroatoms. The average molecular weight is 368 g/mol. The highest BCUT2D eigenvalue weighted by atomic mass is 32.2. The SMILES string of the molecule is CSc1ccccc1NC(=O)CN(c1ccc(F)cc1)S(C)(=O)=O. The first-order valence-electron chi connectivity index (χ1n) is 6.97. The second kappa shape index (κ2) is 7.67. The van der Waals surface area contributed by atoms with Gasteiger partial charge >= 0.3 is 0 Å². The Morgan fingerprint density at radius 1 is 1.17 bits per heavy atom. The Bertz CT molecular complexity index is 823. The summed E-state index contributed by atoms with van der Waals surface area (Å²) in [5, 5.41) is 2.71. The number of para-hydroxylation sites is 1. The smallest absolute Gasteiger partial charge is 0.245 e. The first-order valence-corrected chi connectivity index (χ1v) is 10.0. The Balaban J connectivity index is 2.21. The number of sulfonamides is 1. The van der Waals surface area contributed by atoms with Crippen molar-refractivity contribution in [1.29, 1.82) is 0 Å². The van der Waals surface area contributed by atoms with Crippen LogP contribution in [0.15, 0.2) is 53.4 Å². The van der Waals surface area contributed by atoms with E-state index in [-0.39, 0.29) is 5.69 Å². The van der Waals surface area contributed by atoms with Crippen LogP contribution in [-0.2, 0) is 14.8 Å². The van der Waals surface area contributed by atoms with E-state index in [2.05, 4.69) is 5.32 Å². The van der Waals surface area contributed by atoms with E-state index in [0.29, 0.717) is 5.69 Å². The number of amides is 1. The van der Waals surface area contributed by atoms with E-state index < -0.39 is 28.3 Å². The molecule has 2 aromatic carbocycles. The predicted octanol–water partition coefficient (Wildman–Crippen LogP) is 2.95. The van der Waals surface area contributed by atoms with Gasteiger partial charge in [-0.1, -0.05) is 12.1 Å². The minimum atomic E-state index is -3.69. The van der Waals surface area contributed by atoms with Crippen molar-refractivity contribution in [2.45, 2.75) is 4.90 Å². The molecule has 0 bridgehead atoms. The number of carbonyl (C=O) groups excluding carboxylic acids is 1. The van der Waals surface area contributed by atoms with Crippen molar-refractivity contribution < 1.29 is 17.6 Å². The zero-order chi connectivity index (χ0) is 17.7. The van der Waals surface area contributed by atoms with Crippen LogP contribution < -0.4 is 9.62 Å². The van der Waals surface area contributed by atoms with Gasteiger partial charge in [0.1, 0.15) is 12.4 Å². The number of anilines is 2. The van der Waals surface area contributed by atoms with Crippen LogP contribution in [0, 0.1) is 5.82 Å². The average Bonchev–Trinajstić information content (AvgIpc) is 2.53. The monoisotopic (exact) mass is 368 g/mol. The van der Waals surface area contributed by atoms with Gasteiger partial charge in [0.25, 0.3) is 0 Å². The second-order valence-electron chi connectivity index (χ2n) is 4.99. The number of nitrogens with one attached hydrogen (secondary N) is 1. The minimum absolute atomic E-state index is 0.229. The van der Waals surface area contributed by atoms with Gasteiger partial charge in [-0.2, -0.15) is 0 Å². The molecule has 0 unspecified atom stereocenters. The van der Waals surface area contributed by atoms with Gasteiger partial charge in [0.2, 0.25) is 15.9 Å². The van der Waals surface area contributed by atoms with E-state index in [1.54, 1.807) is 12.1 Å². The van der Waals surface area contributed by atoms with Crippen molar-refractivity contribution in [3.63, 3.8) is 0 Å². The van der Waals surface area contributed by atoms with Crippen LogP contribution >= 0.6 is 11.8 Å². The van der Waals surface area contributed by atoms with E-state index in [1.807, 2.05) is 18.4 Å². The number of rotatable bonds is 6. The number of nitrogens with zero attached hydrogens (tertiary/aromatic N) is 1. The molecule has 2 rings (SSSR count). The minimum Gasteiger partial charge on any atom is -0.323 e. The quantitative estimate of drug-likeness (QED) is 0.796. The van der Waals surface area contributed by atoms with Crippen molar-refractivity contribution in [1.82, 2.24) is 0 Å². The van der Waals surface area contributed by atoms with Crippen LogP contribution in [0.3, 0.4) is 0 Å². The first-order chi connectivity index (χ1) is 11.3. The Morgan fingerprint density at radius 2 is 1.79 bits per heavy atom. The molecule has 24 heavy (non-hydrogen) atoms. The maximum atomic E-state index is 13.0. The maximum Gasteiger partial charge on any atom is 0.245 e. The summed E-state index contributed by atoms with van der Waals surface area (Å²) in [6.45, 7) is -0.396.